The van der Waals surface area contributed by atoms with Gasteiger partial charge in [0, 0.05) is 23.7 Å². The Hall–Kier alpha value is -1.40. The van der Waals surface area contributed by atoms with Gasteiger partial charge in [0.05, 0.1) is 17.1 Å². The van der Waals surface area contributed by atoms with Crippen LogP contribution in [0.2, 0.25) is 0 Å². The third kappa shape index (κ3) is 1.41. The topological polar surface area (TPSA) is 107 Å². The summed E-state index contributed by atoms with van der Waals surface area (Å²) >= 11 is 0. The predicted octanol–water partition coefficient (Wildman–Crippen LogP) is -0.0836. The SMILES string of the molecule is C=C1C[C@]23C[C@@]1(O)CC[C@H]2[C@@]12CC[C@H](O)[C@](C)(C(=O)O1)[C@H]2[C@@H]3C(=O)[O-]. The summed E-state index contributed by atoms with van der Waals surface area (Å²) in [4.78, 5) is 25.0. The zero-order chi connectivity index (χ0) is 18.0. The first-order valence-electron chi connectivity index (χ1n) is 9.15. The lowest BCUT2D eigenvalue weighted by atomic mass is 9.59. The Labute approximate surface area is 145 Å². The van der Waals surface area contributed by atoms with Crippen molar-refractivity contribution in [3.05, 3.63) is 12.2 Å². The summed E-state index contributed by atoms with van der Waals surface area (Å²) in [7, 11) is 0. The number of carbonyl (C=O) groups excluding carboxylic acids is 2. The van der Waals surface area contributed by atoms with E-state index in [0.29, 0.717) is 44.1 Å². The summed E-state index contributed by atoms with van der Waals surface area (Å²) in [6, 6.07) is 0. The van der Waals surface area contributed by atoms with E-state index in [2.05, 4.69) is 6.58 Å². The molecule has 0 aromatic heterocycles. The molecule has 6 heteroatoms. The molecule has 5 rings (SSSR count). The number of rotatable bonds is 1. The van der Waals surface area contributed by atoms with Crippen LogP contribution in [0.15, 0.2) is 12.2 Å². The number of ether oxygens (including phenoxy) is 1. The van der Waals surface area contributed by atoms with Crippen molar-refractivity contribution in [1.82, 2.24) is 0 Å². The van der Waals surface area contributed by atoms with Crippen LogP contribution in [0, 0.1) is 28.6 Å². The maximum Gasteiger partial charge on any atom is 0.315 e. The molecule has 0 aromatic carbocycles. The van der Waals surface area contributed by atoms with Gasteiger partial charge in [-0.1, -0.05) is 6.58 Å². The number of carbonyl (C=O) groups is 2. The Balaban J connectivity index is 1.76. The summed E-state index contributed by atoms with van der Waals surface area (Å²) in [5.41, 5.74) is -3.13. The van der Waals surface area contributed by atoms with Gasteiger partial charge in [-0.25, -0.2) is 0 Å². The van der Waals surface area contributed by atoms with Crippen molar-refractivity contribution in [3.8, 4) is 0 Å². The molecule has 0 amide bonds. The molecule has 1 saturated heterocycles. The molecule has 25 heavy (non-hydrogen) atoms. The number of carboxylic acid groups (broad SMARTS) is 1. The minimum Gasteiger partial charge on any atom is -0.550 e. The van der Waals surface area contributed by atoms with Crippen molar-refractivity contribution in [1.29, 1.82) is 0 Å². The van der Waals surface area contributed by atoms with Crippen LogP contribution in [-0.2, 0) is 14.3 Å². The largest absolute Gasteiger partial charge is 0.550 e. The first-order chi connectivity index (χ1) is 11.6. The van der Waals surface area contributed by atoms with Gasteiger partial charge in [0.25, 0.3) is 0 Å². The van der Waals surface area contributed by atoms with Gasteiger partial charge in [0.1, 0.15) is 5.60 Å². The fourth-order valence-corrected chi connectivity index (χ4v) is 7.63. The van der Waals surface area contributed by atoms with Crippen LogP contribution in [0.1, 0.15) is 45.4 Å². The summed E-state index contributed by atoms with van der Waals surface area (Å²) in [5, 5.41) is 33.8. The maximum absolute atomic E-state index is 12.7. The van der Waals surface area contributed by atoms with Crippen LogP contribution in [0.4, 0.5) is 0 Å². The summed E-state index contributed by atoms with van der Waals surface area (Å²) in [6.07, 6.45) is 1.87. The van der Waals surface area contributed by atoms with Gasteiger partial charge in [-0.15, -0.1) is 0 Å². The molecule has 0 aromatic rings. The molecule has 0 unspecified atom stereocenters. The van der Waals surface area contributed by atoms with Crippen molar-refractivity contribution in [2.45, 2.75) is 62.8 Å². The average Bonchev–Trinajstić information content (AvgIpc) is 2.95. The van der Waals surface area contributed by atoms with Gasteiger partial charge in [-0.3, -0.25) is 4.79 Å². The number of hydrogen-bond acceptors (Lipinski definition) is 6. The highest BCUT2D eigenvalue weighted by Crippen LogP contribution is 2.78. The zero-order valence-electron chi connectivity index (χ0n) is 14.3. The molecule has 5 fully saturated rings. The Morgan fingerprint density at radius 3 is 2.76 bits per heavy atom. The highest BCUT2D eigenvalue weighted by atomic mass is 16.6. The molecule has 5 aliphatic rings. The Bertz CT molecular complexity index is 731. The molecular weight excluding hydrogens is 324 g/mol. The Morgan fingerprint density at radius 2 is 2.08 bits per heavy atom. The fraction of sp³-hybridized carbons (Fsp3) is 0.789. The van der Waals surface area contributed by atoms with Gasteiger partial charge in [-0.05, 0) is 56.4 Å². The van der Waals surface area contributed by atoms with Crippen molar-refractivity contribution in [2.75, 3.05) is 0 Å². The molecule has 136 valence electrons. The average molecular weight is 347 g/mol. The van der Waals surface area contributed by atoms with Crippen LogP contribution in [0.25, 0.3) is 0 Å². The van der Waals surface area contributed by atoms with Crippen LogP contribution in [0.3, 0.4) is 0 Å². The second-order valence-electron chi connectivity index (χ2n) is 9.27. The van der Waals surface area contributed by atoms with E-state index in [1.807, 2.05) is 0 Å². The Morgan fingerprint density at radius 1 is 1.36 bits per heavy atom. The molecule has 8 atom stereocenters. The van der Waals surface area contributed by atoms with E-state index in [0.717, 1.165) is 0 Å². The molecule has 4 aliphatic carbocycles. The maximum atomic E-state index is 12.7. The standard InChI is InChI=1S/C19H24O6/c1-9-7-17-8-18(9,24)5-3-10(17)19-6-4-11(20)16(2,15(23)25-19)13(19)12(17)14(21)22/h10-13,20,24H,1,3-8H2,2H3,(H,21,22)/p-1/t10-,11+,12-,13-,16+,17+,18+,19-/m1/s1. The van der Waals surface area contributed by atoms with E-state index in [1.165, 1.54) is 0 Å². The third-order valence-electron chi connectivity index (χ3n) is 8.56. The first-order valence-corrected chi connectivity index (χ1v) is 9.15. The predicted molar refractivity (Wildman–Crippen MR) is 82.6 cm³/mol. The van der Waals surface area contributed by atoms with E-state index >= 15 is 0 Å². The number of hydrogen-bond donors (Lipinski definition) is 2. The van der Waals surface area contributed by atoms with Gasteiger partial charge in [-0.2, -0.15) is 0 Å². The zero-order valence-corrected chi connectivity index (χ0v) is 14.3. The van der Waals surface area contributed by atoms with Gasteiger partial charge in [0.15, 0.2) is 0 Å². The van der Waals surface area contributed by atoms with Crippen LogP contribution >= 0.6 is 0 Å². The second kappa shape index (κ2) is 4.12. The molecular formula is C19H23O6-. The molecule has 4 saturated carbocycles. The molecule has 4 bridgehead atoms. The summed E-state index contributed by atoms with van der Waals surface area (Å²) in [5.74, 6) is -3.35. The highest BCUT2D eigenvalue weighted by Gasteiger charge is 2.83. The third-order valence-corrected chi connectivity index (χ3v) is 8.56. The number of aliphatic carboxylic acids is 1. The van der Waals surface area contributed by atoms with Gasteiger partial charge >= 0.3 is 5.97 Å². The normalized spacial score (nSPS) is 58.7. The monoisotopic (exact) mass is 347 g/mol. The molecule has 6 nitrogen and oxygen atoms in total. The van der Waals surface area contributed by atoms with Crippen molar-refractivity contribution in [3.63, 3.8) is 0 Å². The smallest absolute Gasteiger partial charge is 0.315 e. The molecule has 2 N–H and O–H groups in total. The molecule has 1 aliphatic heterocycles. The summed E-state index contributed by atoms with van der Waals surface area (Å²) < 4.78 is 5.93. The molecule has 1 spiro atoms. The van der Waals surface area contributed by atoms with Gasteiger partial charge in [0.2, 0.25) is 0 Å². The van der Waals surface area contributed by atoms with Crippen LogP contribution in [0.5, 0.6) is 0 Å². The van der Waals surface area contributed by atoms with E-state index < -0.39 is 51.9 Å². The lowest BCUT2D eigenvalue weighted by Gasteiger charge is -2.46. The quantitative estimate of drug-likeness (QED) is 0.507. The minimum absolute atomic E-state index is 0.134. The Kier molecular flexibility index (Phi) is 2.61. The molecule has 1 heterocycles. The lowest BCUT2D eigenvalue weighted by Crippen LogP contribution is -2.54. The van der Waals surface area contributed by atoms with Crippen LogP contribution in [-0.4, -0.2) is 39.5 Å². The number of esters is 1. The van der Waals surface area contributed by atoms with E-state index in [9.17, 15) is 24.9 Å². The number of fused-ring (bicyclic) bond motifs is 1. The van der Waals surface area contributed by atoms with Crippen molar-refractivity contribution < 1.29 is 29.6 Å². The molecule has 0 radical (unpaired) electrons. The van der Waals surface area contributed by atoms with Crippen molar-refractivity contribution >= 4 is 11.9 Å². The fourth-order valence-electron chi connectivity index (χ4n) is 7.63. The lowest BCUT2D eigenvalue weighted by molar-refractivity contribution is -0.318. The number of aliphatic hydroxyl groups excluding tert-OH is 1. The van der Waals surface area contributed by atoms with E-state index in [1.54, 1.807) is 6.92 Å². The van der Waals surface area contributed by atoms with E-state index in [4.69, 9.17) is 4.74 Å². The number of aliphatic hydroxyl groups is 2. The van der Waals surface area contributed by atoms with E-state index in [-0.39, 0.29) is 5.92 Å². The second-order valence-corrected chi connectivity index (χ2v) is 9.27. The van der Waals surface area contributed by atoms with Crippen LogP contribution < -0.4 is 5.11 Å². The summed E-state index contributed by atoms with van der Waals surface area (Å²) in [6.45, 7) is 5.67. The minimum atomic E-state index is -1.23. The van der Waals surface area contributed by atoms with Crippen molar-refractivity contribution in [2.24, 2.45) is 28.6 Å². The first kappa shape index (κ1) is 15.8. The van der Waals surface area contributed by atoms with Gasteiger partial charge < -0.3 is 24.9 Å². The number of carboxylic acids is 1. The highest BCUT2D eigenvalue weighted by molar-refractivity contribution is 5.85.